The molecule has 0 spiro atoms. The Hall–Kier alpha value is -1.36. The number of hydrogen-bond donors (Lipinski definition) is 1. The van der Waals surface area contributed by atoms with Crippen LogP contribution in [0.15, 0.2) is 6.07 Å². The number of amides is 2. The molecule has 1 N–H and O–H groups in total. The number of carbonyl (C=O) groups is 2. The Morgan fingerprint density at radius 1 is 1.04 bits per heavy atom. The van der Waals surface area contributed by atoms with Gasteiger partial charge in [-0.15, -0.1) is 11.3 Å². The van der Waals surface area contributed by atoms with Crippen LogP contribution in [0.5, 0.6) is 0 Å². The van der Waals surface area contributed by atoms with Gasteiger partial charge >= 0.3 is 0 Å². The second-order valence-electron chi connectivity index (χ2n) is 8.12. The third kappa shape index (κ3) is 4.56. The molecule has 1 heterocycles. The summed E-state index contributed by atoms with van der Waals surface area (Å²) in [5, 5.41) is 3.13. The molecule has 27 heavy (non-hydrogen) atoms. The van der Waals surface area contributed by atoms with Gasteiger partial charge in [0.1, 0.15) is 0 Å². The monoisotopic (exact) mass is 390 g/mol. The summed E-state index contributed by atoms with van der Waals surface area (Å²) < 4.78 is 0. The van der Waals surface area contributed by atoms with Crippen molar-refractivity contribution in [1.82, 2.24) is 10.2 Å². The van der Waals surface area contributed by atoms with E-state index in [-0.39, 0.29) is 11.8 Å². The first-order valence-corrected chi connectivity index (χ1v) is 11.6. The summed E-state index contributed by atoms with van der Waals surface area (Å²) in [4.78, 5) is 30.1. The number of hydrogen-bond acceptors (Lipinski definition) is 3. The van der Waals surface area contributed by atoms with Crippen LogP contribution < -0.4 is 5.32 Å². The van der Waals surface area contributed by atoms with E-state index in [2.05, 4.69) is 11.4 Å². The third-order valence-electron chi connectivity index (χ3n) is 6.37. The van der Waals surface area contributed by atoms with Gasteiger partial charge in [0.15, 0.2) is 0 Å². The van der Waals surface area contributed by atoms with Crippen LogP contribution in [-0.4, -0.2) is 36.3 Å². The lowest BCUT2D eigenvalue weighted by Crippen LogP contribution is -2.48. The van der Waals surface area contributed by atoms with E-state index in [1.54, 1.807) is 11.3 Å². The van der Waals surface area contributed by atoms with Crippen molar-refractivity contribution < 1.29 is 9.59 Å². The molecule has 0 bridgehead atoms. The molecule has 2 aliphatic carbocycles. The minimum atomic E-state index is -0.395. The summed E-state index contributed by atoms with van der Waals surface area (Å²) in [6.45, 7) is 6.02. The summed E-state index contributed by atoms with van der Waals surface area (Å²) in [5.74, 6) is 0.231. The van der Waals surface area contributed by atoms with Gasteiger partial charge in [0, 0.05) is 24.5 Å². The molecule has 0 aliphatic heterocycles. The Balaban J connectivity index is 1.68. The Morgan fingerprint density at radius 2 is 1.70 bits per heavy atom. The summed E-state index contributed by atoms with van der Waals surface area (Å²) >= 11 is 1.66. The fourth-order valence-corrected chi connectivity index (χ4v) is 5.83. The molecule has 1 fully saturated rings. The standard InChI is InChI=1S/C22H34N2O2S/c1-3-24(4-2)21(26)22(13-9-10-14-22)16-23-20(25)19-15-17-11-7-5-6-8-12-18(17)27-19/h15H,3-14,16H2,1-2H3,(H,23,25). The van der Waals surface area contributed by atoms with Crippen molar-refractivity contribution >= 4 is 23.2 Å². The van der Waals surface area contributed by atoms with E-state index in [0.29, 0.717) is 6.54 Å². The number of nitrogens with one attached hydrogen (secondary N) is 1. The average Bonchev–Trinajstić information content (AvgIpc) is 3.29. The number of thiophene rings is 1. The van der Waals surface area contributed by atoms with Gasteiger partial charge in [-0.2, -0.15) is 0 Å². The van der Waals surface area contributed by atoms with E-state index in [4.69, 9.17) is 0 Å². The molecule has 1 saturated carbocycles. The van der Waals surface area contributed by atoms with Gasteiger partial charge in [-0.05, 0) is 64.0 Å². The van der Waals surface area contributed by atoms with Gasteiger partial charge in [-0.3, -0.25) is 9.59 Å². The molecule has 5 heteroatoms. The van der Waals surface area contributed by atoms with Gasteiger partial charge in [-0.25, -0.2) is 0 Å². The number of fused-ring (bicyclic) bond motifs is 1. The van der Waals surface area contributed by atoms with Crippen molar-refractivity contribution in [2.45, 2.75) is 78.1 Å². The van der Waals surface area contributed by atoms with Crippen LogP contribution in [0.3, 0.4) is 0 Å². The van der Waals surface area contributed by atoms with Crippen LogP contribution >= 0.6 is 11.3 Å². The molecule has 1 aromatic heterocycles. The first-order valence-electron chi connectivity index (χ1n) is 10.8. The molecule has 0 saturated heterocycles. The zero-order valence-electron chi connectivity index (χ0n) is 16.9. The van der Waals surface area contributed by atoms with Gasteiger partial charge in [0.05, 0.1) is 10.3 Å². The Bertz CT molecular complexity index is 632. The van der Waals surface area contributed by atoms with Crippen LogP contribution in [0, 0.1) is 5.41 Å². The second kappa shape index (κ2) is 9.22. The minimum Gasteiger partial charge on any atom is -0.350 e. The molecule has 0 aromatic carbocycles. The lowest BCUT2D eigenvalue weighted by atomic mass is 9.84. The topological polar surface area (TPSA) is 49.4 Å². The molecule has 2 amide bonds. The number of carbonyl (C=O) groups excluding carboxylic acids is 2. The van der Waals surface area contributed by atoms with Crippen molar-refractivity contribution in [3.63, 3.8) is 0 Å². The SMILES string of the molecule is CCN(CC)C(=O)C1(CNC(=O)c2cc3c(s2)CCCCCC3)CCCC1. The molecule has 0 atom stereocenters. The van der Waals surface area contributed by atoms with Crippen LogP contribution in [0.4, 0.5) is 0 Å². The number of rotatable bonds is 6. The Labute approximate surface area is 167 Å². The molecule has 0 radical (unpaired) electrons. The first-order chi connectivity index (χ1) is 13.1. The smallest absolute Gasteiger partial charge is 0.261 e. The molecule has 3 rings (SSSR count). The summed E-state index contributed by atoms with van der Waals surface area (Å²) in [6, 6.07) is 2.11. The van der Waals surface area contributed by atoms with Crippen molar-refractivity contribution in [2.75, 3.05) is 19.6 Å². The predicted molar refractivity (Wildman–Crippen MR) is 111 cm³/mol. The highest BCUT2D eigenvalue weighted by molar-refractivity contribution is 7.14. The van der Waals surface area contributed by atoms with E-state index < -0.39 is 5.41 Å². The molecular weight excluding hydrogens is 356 g/mol. The van der Waals surface area contributed by atoms with Crippen molar-refractivity contribution in [3.8, 4) is 0 Å². The third-order valence-corrected chi connectivity index (χ3v) is 7.61. The first kappa shape index (κ1) is 20.4. The highest BCUT2D eigenvalue weighted by Crippen LogP contribution is 2.39. The number of nitrogens with zero attached hydrogens (tertiary/aromatic N) is 1. The highest BCUT2D eigenvalue weighted by atomic mass is 32.1. The molecule has 2 aliphatic rings. The van der Waals surface area contributed by atoms with Gasteiger partial charge in [0.2, 0.25) is 5.91 Å². The lowest BCUT2D eigenvalue weighted by Gasteiger charge is -2.33. The maximum Gasteiger partial charge on any atom is 0.261 e. The molecule has 4 nitrogen and oxygen atoms in total. The molecule has 150 valence electrons. The van der Waals surface area contributed by atoms with E-state index in [1.807, 2.05) is 18.7 Å². The van der Waals surface area contributed by atoms with E-state index in [1.165, 1.54) is 36.1 Å². The highest BCUT2D eigenvalue weighted by Gasteiger charge is 2.43. The predicted octanol–water partition coefficient (Wildman–Crippen LogP) is 4.57. The van der Waals surface area contributed by atoms with Crippen molar-refractivity contribution in [1.29, 1.82) is 0 Å². The lowest BCUT2D eigenvalue weighted by molar-refractivity contribution is -0.141. The largest absolute Gasteiger partial charge is 0.350 e. The molecule has 1 aromatic rings. The fourth-order valence-electron chi connectivity index (χ4n) is 4.66. The van der Waals surface area contributed by atoms with Gasteiger partial charge in [0.25, 0.3) is 5.91 Å². The van der Waals surface area contributed by atoms with Gasteiger partial charge in [-0.1, -0.05) is 25.7 Å². The van der Waals surface area contributed by atoms with Crippen LogP contribution in [-0.2, 0) is 17.6 Å². The Morgan fingerprint density at radius 3 is 2.37 bits per heavy atom. The second-order valence-corrected chi connectivity index (χ2v) is 9.26. The van der Waals surface area contributed by atoms with E-state index >= 15 is 0 Å². The molecular formula is C22H34N2O2S. The van der Waals surface area contributed by atoms with Gasteiger partial charge < -0.3 is 10.2 Å². The maximum absolute atomic E-state index is 13.1. The maximum atomic E-state index is 13.1. The number of aryl methyl sites for hydroxylation is 2. The summed E-state index contributed by atoms with van der Waals surface area (Å²) in [5.41, 5.74) is 0.979. The quantitative estimate of drug-likeness (QED) is 0.774. The molecule has 0 unspecified atom stereocenters. The normalized spacial score (nSPS) is 19.0. The van der Waals surface area contributed by atoms with Crippen molar-refractivity contribution in [3.05, 3.63) is 21.4 Å². The minimum absolute atomic E-state index is 0.00497. The van der Waals surface area contributed by atoms with Crippen LogP contribution in [0.1, 0.15) is 85.3 Å². The van der Waals surface area contributed by atoms with Crippen LogP contribution in [0.25, 0.3) is 0 Å². The van der Waals surface area contributed by atoms with Crippen LogP contribution in [0.2, 0.25) is 0 Å². The van der Waals surface area contributed by atoms with Crippen molar-refractivity contribution in [2.24, 2.45) is 5.41 Å². The Kier molecular flexibility index (Phi) is 6.96. The fraction of sp³-hybridized carbons (Fsp3) is 0.727. The average molecular weight is 391 g/mol. The zero-order valence-corrected chi connectivity index (χ0v) is 17.8. The van der Waals surface area contributed by atoms with E-state index in [9.17, 15) is 9.59 Å². The summed E-state index contributed by atoms with van der Waals surface area (Å²) in [6.07, 6.45) is 11.2. The zero-order chi connectivity index (χ0) is 19.3. The van der Waals surface area contributed by atoms with E-state index in [0.717, 1.165) is 56.5 Å². The summed E-state index contributed by atoms with van der Waals surface area (Å²) in [7, 11) is 0.